The lowest BCUT2D eigenvalue weighted by molar-refractivity contribution is 0.261. The molecule has 15 heavy (non-hydrogen) atoms. The third-order valence-corrected chi connectivity index (χ3v) is 4.33. The molecular formula is C14H18O. The van der Waals surface area contributed by atoms with Crippen LogP contribution in [0.1, 0.15) is 36.8 Å². The van der Waals surface area contributed by atoms with Gasteiger partial charge in [0.15, 0.2) is 0 Å². The predicted octanol–water partition coefficient (Wildman–Crippen LogP) is 2.66. The summed E-state index contributed by atoms with van der Waals surface area (Å²) in [5.41, 5.74) is 3.44. The minimum absolute atomic E-state index is 0.363. The molecule has 1 aromatic carbocycles. The van der Waals surface area contributed by atoms with E-state index in [9.17, 15) is 5.11 Å². The van der Waals surface area contributed by atoms with E-state index in [0.717, 1.165) is 0 Å². The minimum atomic E-state index is 0.363. The first-order valence-corrected chi connectivity index (χ1v) is 6.06. The van der Waals surface area contributed by atoms with Crippen molar-refractivity contribution < 1.29 is 5.11 Å². The quantitative estimate of drug-likeness (QED) is 0.742. The summed E-state index contributed by atoms with van der Waals surface area (Å²) in [6.45, 7) is 0.369. The summed E-state index contributed by atoms with van der Waals surface area (Å²) in [6, 6.07) is 8.86. The number of hydrogen-bond acceptors (Lipinski definition) is 1. The molecule has 1 N–H and O–H groups in total. The highest BCUT2D eigenvalue weighted by molar-refractivity contribution is 5.41. The molecule has 2 aliphatic rings. The monoisotopic (exact) mass is 202 g/mol. The van der Waals surface area contributed by atoms with E-state index in [0.29, 0.717) is 17.9 Å². The Labute approximate surface area is 91.1 Å². The van der Waals surface area contributed by atoms with E-state index in [4.69, 9.17) is 0 Å². The van der Waals surface area contributed by atoms with E-state index >= 15 is 0 Å². The van der Waals surface area contributed by atoms with E-state index in [2.05, 4.69) is 24.3 Å². The van der Waals surface area contributed by atoms with Gasteiger partial charge < -0.3 is 5.11 Å². The second-order valence-electron chi connectivity index (χ2n) is 5.10. The Kier molecular flexibility index (Phi) is 2.10. The molecule has 2 atom stereocenters. The molecule has 0 amide bonds. The van der Waals surface area contributed by atoms with Gasteiger partial charge in [-0.15, -0.1) is 0 Å². The number of aliphatic hydroxyl groups excluding tert-OH is 1. The summed E-state index contributed by atoms with van der Waals surface area (Å²) in [5, 5.41) is 9.34. The molecule has 2 unspecified atom stereocenters. The van der Waals surface area contributed by atoms with Crippen molar-refractivity contribution in [1.82, 2.24) is 0 Å². The van der Waals surface area contributed by atoms with E-state index in [1.165, 1.54) is 37.7 Å². The van der Waals surface area contributed by atoms with Crippen LogP contribution in [-0.2, 0) is 11.8 Å². The van der Waals surface area contributed by atoms with Crippen LogP contribution >= 0.6 is 0 Å². The lowest BCUT2D eigenvalue weighted by Crippen LogP contribution is -2.12. The van der Waals surface area contributed by atoms with E-state index in [1.807, 2.05) is 0 Å². The molecule has 1 saturated carbocycles. The SMILES string of the molecule is OCC1CC12CCCCc1ccccc12. The van der Waals surface area contributed by atoms with Gasteiger partial charge in [-0.2, -0.15) is 0 Å². The Hall–Kier alpha value is -0.820. The van der Waals surface area contributed by atoms with Gasteiger partial charge in [-0.3, -0.25) is 0 Å². The van der Waals surface area contributed by atoms with Crippen LogP contribution in [0.2, 0.25) is 0 Å². The zero-order valence-electron chi connectivity index (χ0n) is 9.08. The average molecular weight is 202 g/mol. The molecule has 0 heterocycles. The van der Waals surface area contributed by atoms with Crippen LogP contribution in [0.15, 0.2) is 24.3 Å². The molecule has 0 bridgehead atoms. The van der Waals surface area contributed by atoms with E-state index in [1.54, 1.807) is 5.56 Å². The average Bonchev–Trinajstić information content (AvgIpc) is 3.03. The fourth-order valence-corrected chi connectivity index (χ4v) is 3.37. The molecule has 1 aromatic rings. The highest BCUT2D eigenvalue weighted by Gasteiger charge is 2.55. The van der Waals surface area contributed by atoms with Gasteiger partial charge in [0.1, 0.15) is 0 Å². The van der Waals surface area contributed by atoms with Crippen LogP contribution < -0.4 is 0 Å². The molecule has 1 nitrogen and oxygen atoms in total. The molecule has 1 spiro atoms. The molecule has 3 rings (SSSR count). The highest BCUT2D eigenvalue weighted by atomic mass is 16.3. The van der Waals surface area contributed by atoms with Gasteiger partial charge >= 0.3 is 0 Å². The fourth-order valence-electron chi connectivity index (χ4n) is 3.37. The number of fused-ring (bicyclic) bond motifs is 2. The van der Waals surface area contributed by atoms with Crippen molar-refractivity contribution >= 4 is 0 Å². The standard InChI is InChI=1S/C14H18O/c15-10-12-9-14(12)8-4-3-6-11-5-1-2-7-13(11)14/h1-2,5,7,12,15H,3-4,6,8-10H2. The Bertz CT molecular complexity index is 371. The second-order valence-corrected chi connectivity index (χ2v) is 5.10. The Morgan fingerprint density at radius 1 is 1.27 bits per heavy atom. The highest BCUT2D eigenvalue weighted by Crippen LogP contribution is 2.59. The fraction of sp³-hybridized carbons (Fsp3) is 0.571. The smallest absolute Gasteiger partial charge is 0.0468 e. The van der Waals surface area contributed by atoms with Crippen molar-refractivity contribution in [3.63, 3.8) is 0 Å². The number of rotatable bonds is 1. The van der Waals surface area contributed by atoms with Gasteiger partial charge in [-0.25, -0.2) is 0 Å². The number of aryl methyl sites for hydroxylation is 1. The summed E-state index contributed by atoms with van der Waals surface area (Å²) in [4.78, 5) is 0. The first kappa shape index (κ1) is 9.41. The topological polar surface area (TPSA) is 20.2 Å². The maximum atomic E-state index is 9.34. The summed E-state index contributed by atoms with van der Waals surface area (Å²) < 4.78 is 0. The van der Waals surface area contributed by atoms with E-state index in [-0.39, 0.29) is 0 Å². The van der Waals surface area contributed by atoms with Gasteiger partial charge in [0.2, 0.25) is 0 Å². The Morgan fingerprint density at radius 3 is 2.93 bits per heavy atom. The zero-order valence-corrected chi connectivity index (χ0v) is 9.08. The predicted molar refractivity (Wildman–Crippen MR) is 60.9 cm³/mol. The first-order valence-electron chi connectivity index (χ1n) is 6.06. The van der Waals surface area contributed by atoms with E-state index < -0.39 is 0 Å². The van der Waals surface area contributed by atoms with Crippen molar-refractivity contribution in [2.24, 2.45) is 5.92 Å². The van der Waals surface area contributed by atoms with Gasteiger partial charge in [-0.05, 0) is 42.7 Å². The summed E-state index contributed by atoms with van der Waals surface area (Å²) in [5.74, 6) is 0.539. The molecule has 0 saturated heterocycles. The molecule has 0 aliphatic heterocycles. The normalized spacial score (nSPS) is 33.5. The van der Waals surface area contributed by atoms with Crippen LogP contribution in [0, 0.1) is 5.92 Å². The van der Waals surface area contributed by atoms with Crippen LogP contribution in [0.5, 0.6) is 0 Å². The van der Waals surface area contributed by atoms with Gasteiger partial charge in [0, 0.05) is 12.0 Å². The zero-order chi connectivity index (χ0) is 10.3. The van der Waals surface area contributed by atoms with Gasteiger partial charge in [0.25, 0.3) is 0 Å². The third-order valence-electron chi connectivity index (χ3n) is 4.33. The van der Waals surface area contributed by atoms with Crippen molar-refractivity contribution in [3.05, 3.63) is 35.4 Å². The third kappa shape index (κ3) is 1.33. The molecule has 0 aromatic heterocycles. The van der Waals surface area contributed by atoms with Gasteiger partial charge in [-0.1, -0.05) is 30.7 Å². The number of aliphatic hydroxyl groups is 1. The summed E-state index contributed by atoms with van der Waals surface area (Å²) in [7, 11) is 0. The van der Waals surface area contributed by atoms with Crippen LogP contribution in [0.3, 0.4) is 0 Å². The molecule has 1 heteroatoms. The molecule has 1 fully saturated rings. The number of benzene rings is 1. The number of hydrogen-bond donors (Lipinski definition) is 1. The molecule has 2 aliphatic carbocycles. The molecule has 0 radical (unpaired) electrons. The summed E-state index contributed by atoms with van der Waals surface area (Å²) in [6.07, 6.45) is 6.37. The largest absolute Gasteiger partial charge is 0.396 e. The lowest BCUT2D eigenvalue weighted by atomic mass is 9.87. The Morgan fingerprint density at radius 2 is 2.13 bits per heavy atom. The molecular weight excluding hydrogens is 184 g/mol. The van der Waals surface area contributed by atoms with Crippen molar-refractivity contribution in [2.75, 3.05) is 6.61 Å². The van der Waals surface area contributed by atoms with Crippen molar-refractivity contribution in [3.8, 4) is 0 Å². The maximum absolute atomic E-state index is 9.34. The van der Waals surface area contributed by atoms with Crippen molar-refractivity contribution in [2.45, 2.75) is 37.5 Å². The van der Waals surface area contributed by atoms with Crippen LogP contribution in [-0.4, -0.2) is 11.7 Å². The molecule has 80 valence electrons. The van der Waals surface area contributed by atoms with Crippen LogP contribution in [0.25, 0.3) is 0 Å². The lowest BCUT2D eigenvalue weighted by Gasteiger charge is -2.17. The second kappa shape index (κ2) is 3.34. The minimum Gasteiger partial charge on any atom is -0.396 e. The summed E-state index contributed by atoms with van der Waals surface area (Å²) >= 11 is 0. The maximum Gasteiger partial charge on any atom is 0.0468 e. The van der Waals surface area contributed by atoms with Crippen LogP contribution in [0.4, 0.5) is 0 Å². The Balaban J connectivity index is 2.04. The van der Waals surface area contributed by atoms with Crippen molar-refractivity contribution in [1.29, 1.82) is 0 Å². The first-order chi connectivity index (χ1) is 7.37. The van der Waals surface area contributed by atoms with Gasteiger partial charge in [0.05, 0.1) is 0 Å².